The zero-order chi connectivity index (χ0) is 25.8. The summed E-state index contributed by atoms with van der Waals surface area (Å²) in [6.07, 6.45) is 4.80. The minimum atomic E-state index is -0.512. The quantitative estimate of drug-likeness (QED) is 0.393. The molecule has 1 saturated carbocycles. The second-order valence-electron chi connectivity index (χ2n) is 10.5. The third kappa shape index (κ3) is 5.20. The number of aromatic nitrogens is 1. The van der Waals surface area contributed by atoms with Gasteiger partial charge >= 0.3 is 6.09 Å². The number of hydrogen-bond acceptors (Lipinski definition) is 5. The lowest BCUT2D eigenvalue weighted by molar-refractivity contribution is -0.110. The summed E-state index contributed by atoms with van der Waals surface area (Å²) in [6.45, 7) is 3.64. The number of hydrogen-bond donors (Lipinski definition) is 2. The molecule has 4 aliphatic rings. The smallest absolute Gasteiger partial charge is 0.431 e. The number of amides is 2. The molecule has 0 spiro atoms. The largest absolute Gasteiger partial charge is 0.442 e. The van der Waals surface area contributed by atoms with Crippen molar-refractivity contribution < 1.29 is 14.3 Å². The highest BCUT2D eigenvalue weighted by Gasteiger charge is 2.44. The van der Waals surface area contributed by atoms with E-state index in [-0.39, 0.29) is 31.5 Å². The van der Waals surface area contributed by atoms with E-state index in [9.17, 15) is 9.59 Å². The van der Waals surface area contributed by atoms with Crippen molar-refractivity contribution in [2.24, 2.45) is 16.9 Å². The molecule has 2 amide bonds. The Morgan fingerprint density at radius 3 is 2.62 bits per heavy atom. The highest BCUT2D eigenvalue weighted by Crippen LogP contribution is 2.45. The van der Waals surface area contributed by atoms with E-state index in [0.29, 0.717) is 16.3 Å². The number of benzene rings is 2. The lowest BCUT2D eigenvalue weighted by Gasteiger charge is -2.23. The van der Waals surface area contributed by atoms with Crippen LogP contribution >= 0.6 is 24.0 Å². The number of likely N-dealkylation sites (tertiary alicyclic amines) is 1. The van der Waals surface area contributed by atoms with E-state index in [1.165, 1.54) is 30.1 Å². The normalized spacial score (nSPS) is 22.6. The monoisotopic (exact) mass is 563 g/mol. The molecule has 1 aromatic heterocycles. The van der Waals surface area contributed by atoms with E-state index >= 15 is 0 Å². The Labute approximate surface area is 237 Å². The van der Waals surface area contributed by atoms with Gasteiger partial charge in [0.2, 0.25) is 0 Å². The van der Waals surface area contributed by atoms with Crippen LogP contribution in [0.2, 0.25) is 5.02 Å². The Morgan fingerprint density at radius 2 is 1.82 bits per heavy atom. The number of hydrazone groups is 1. The second kappa shape index (κ2) is 10.2. The number of ether oxygens (including phenoxy) is 1. The minimum absolute atomic E-state index is 0. The van der Waals surface area contributed by atoms with E-state index in [1.54, 1.807) is 12.1 Å². The molecule has 2 N–H and O–H groups in total. The van der Waals surface area contributed by atoms with Gasteiger partial charge in [-0.3, -0.25) is 9.69 Å². The predicted octanol–water partition coefficient (Wildman–Crippen LogP) is 5.39. The Morgan fingerprint density at radius 1 is 1.03 bits per heavy atom. The number of nitrogens with one attached hydrogen (secondary N) is 2. The summed E-state index contributed by atoms with van der Waals surface area (Å²) in [5.41, 5.74) is 6.58. The van der Waals surface area contributed by atoms with E-state index < -0.39 is 6.09 Å². The highest BCUT2D eigenvalue weighted by molar-refractivity contribution is 6.34. The second-order valence-corrected chi connectivity index (χ2v) is 10.9. The molecule has 2 fully saturated rings. The summed E-state index contributed by atoms with van der Waals surface area (Å²) in [5, 5.41) is 9.41. The van der Waals surface area contributed by atoms with E-state index in [0.717, 1.165) is 46.5 Å². The highest BCUT2D eigenvalue weighted by atomic mass is 35.5. The fraction of sp³-hybridized carbons (Fsp3) is 0.276. The topological polar surface area (TPSA) is 90.0 Å². The first-order valence-corrected chi connectivity index (χ1v) is 13.2. The van der Waals surface area contributed by atoms with Crippen molar-refractivity contribution in [3.8, 4) is 0 Å². The predicted molar refractivity (Wildman–Crippen MR) is 153 cm³/mol. The number of aromatic amines is 1. The van der Waals surface area contributed by atoms with Crippen LogP contribution in [0.25, 0.3) is 11.6 Å². The zero-order valence-electron chi connectivity index (χ0n) is 21.0. The van der Waals surface area contributed by atoms with Crippen LogP contribution in [0.5, 0.6) is 0 Å². The van der Waals surface area contributed by atoms with Crippen molar-refractivity contribution in [1.29, 1.82) is 0 Å². The molecule has 3 aliphatic heterocycles. The molecule has 2 atom stereocenters. The molecule has 8 nitrogen and oxygen atoms in total. The van der Waals surface area contributed by atoms with Crippen LogP contribution in [0, 0.1) is 11.8 Å². The molecule has 200 valence electrons. The van der Waals surface area contributed by atoms with Gasteiger partial charge in [-0.25, -0.2) is 4.79 Å². The van der Waals surface area contributed by atoms with Gasteiger partial charge in [-0.05, 0) is 65.8 Å². The molecule has 4 heterocycles. The van der Waals surface area contributed by atoms with Crippen molar-refractivity contribution in [2.75, 3.05) is 25.0 Å². The van der Waals surface area contributed by atoms with Gasteiger partial charge in [-0.2, -0.15) is 10.1 Å². The molecule has 1 aliphatic carbocycles. The first-order valence-electron chi connectivity index (χ1n) is 12.8. The molecule has 3 aromatic rings. The van der Waals surface area contributed by atoms with Crippen LogP contribution in [0.15, 0.2) is 59.8 Å². The molecule has 0 bridgehead atoms. The van der Waals surface area contributed by atoms with Gasteiger partial charge in [0.25, 0.3) is 5.91 Å². The van der Waals surface area contributed by atoms with E-state index in [1.807, 2.05) is 42.6 Å². The lowest BCUT2D eigenvalue weighted by atomic mass is 10.0. The number of fused-ring (bicyclic) bond motifs is 2. The van der Waals surface area contributed by atoms with Crippen molar-refractivity contribution in [3.63, 3.8) is 0 Å². The molecule has 0 radical (unpaired) electrons. The lowest BCUT2D eigenvalue weighted by Crippen LogP contribution is -2.35. The fourth-order valence-electron chi connectivity index (χ4n) is 5.62. The van der Waals surface area contributed by atoms with Gasteiger partial charge in [-0.15, -0.1) is 12.4 Å². The summed E-state index contributed by atoms with van der Waals surface area (Å²) < 4.78 is 5.37. The molecule has 1 saturated heterocycles. The number of nitrogens with zero attached hydrogens (tertiary/aromatic N) is 3. The Balaban J connectivity index is 0.00000277. The average molecular weight is 564 g/mol. The molecular formula is C29H27Cl2N5O3. The number of anilines is 1. The van der Waals surface area contributed by atoms with Crippen LogP contribution in [0.1, 0.15) is 34.4 Å². The Hall–Kier alpha value is -3.59. The minimum Gasteiger partial charge on any atom is -0.442 e. The first-order chi connectivity index (χ1) is 18.5. The van der Waals surface area contributed by atoms with Gasteiger partial charge in [0.15, 0.2) is 0 Å². The summed E-state index contributed by atoms with van der Waals surface area (Å²) in [6, 6.07) is 15.0. The molecule has 10 heteroatoms. The van der Waals surface area contributed by atoms with E-state index in [2.05, 4.69) is 26.4 Å². The van der Waals surface area contributed by atoms with Crippen LogP contribution in [0.3, 0.4) is 0 Å². The number of rotatable bonds is 6. The van der Waals surface area contributed by atoms with Crippen LogP contribution in [-0.4, -0.2) is 52.3 Å². The van der Waals surface area contributed by atoms with Crippen LogP contribution in [-0.2, 0) is 22.6 Å². The summed E-state index contributed by atoms with van der Waals surface area (Å²) in [5.74, 6) is 1.67. The summed E-state index contributed by atoms with van der Waals surface area (Å²) in [7, 11) is 0. The number of carbonyl (C=O) groups is 2. The summed E-state index contributed by atoms with van der Waals surface area (Å²) in [4.78, 5) is 31.1. The van der Waals surface area contributed by atoms with Crippen molar-refractivity contribution >= 4 is 59.1 Å². The SMILES string of the molecule is Cl.O=C1Nc2ccc(CN3N=C(c4ccc(Cl)cc4)COC3=O)cc2C1=Cc1cc(CN2C[C@H]3C[C@H]3C2)c[nH]1. The van der Waals surface area contributed by atoms with Gasteiger partial charge in [0.05, 0.1) is 12.1 Å². The zero-order valence-corrected chi connectivity index (χ0v) is 22.6. The first kappa shape index (κ1) is 25.7. The van der Waals surface area contributed by atoms with Crippen molar-refractivity contribution in [3.05, 3.63) is 87.7 Å². The average Bonchev–Trinajstić information content (AvgIpc) is 3.19. The van der Waals surface area contributed by atoms with Crippen LogP contribution in [0.4, 0.5) is 10.5 Å². The Kier molecular flexibility index (Phi) is 6.71. The molecule has 39 heavy (non-hydrogen) atoms. The number of halogens is 2. The third-order valence-corrected chi connectivity index (χ3v) is 7.94. The number of H-pyrrole nitrogens is 1. The standard InChI is InChI=1S/C29H26ClN5O3.ClH/c30-22-4-2-19(3-5-22)27-16-38-29(37)35(33-27)13-17-1-6-26-24(8-17)25(28(36)32-26)10-23-7-18(11-31-23)12-34-14-20-9-21(20)15-34;/h1-8,10-11,20-21,31H,9,12-16H2,(H,32,36);1H/t20-,21+;. The fourth-order valence-corrected chi connectivity index (χ4v) is 5.75. The van der Waals surface area contributed by atoms with Crippen molar-refractivity contribution in [2.45, 2.75) is 19.5 Å². The molecule has 0 unspecified atom stereocenters. The number of piperidine rings is 1. The van der Waals surface area contributed by atoms with Gasteiger partial charge < -0.3 is 15.0 Å². The van der Waals surface area contributed by atoms with Gasteiger partial charge in [-0.1, -0.05) is 29.8 Å². The maximum Gasteiger partial charge on any atom is 0.431 e. The summed E-state index contributed by atoms with van der Waals surface area (Å²) >= 11 is 6.00. The maximum atomic E-state index is 12.8. The van der Waals surface area contributed by atoms with Crippen LogP contribution < -0.4 is 5.32 Å². The molecular weight excluding hydrogens is 537 g/mol. The number of carbonyl (C=O) groups excluding carboxylic acids is 2. The Bertz CT molecular complexity index is 1500. The van der Waals surface area contributed by atoms with Gasteiger partial charge in [0, 0.05) is 53.4 Å². The maximum absolute atomic E-state index is 12.8. The third-order valence-electron chi connectivity index (χ3n) is 7.69. The number of cyclic esters (lactones) is 1. The molecule has 2 aromatic carbocycles. The van der Waals surface area contributed by atoms with Gasteiger partial charge in [0.1, 0.15) is 12.3 Å². The van der Waals surface area contributed by atoms with Crippen molar-refractivity contribution in [1.82, 2.24) is 14.9 Å². The molecule has 7 rings (SSSR count). The van der Waals surface area contributed by atoms with E-state index in [4.69, 9.17) is 16.3 Å².